The Balaban J connectivity index is 2.79. The molecule has 0 saturated carbocycles. The Bertz CT molecular complexity index is 457. The van der Waals surface area contributed by atoms with Crippen molar-refractivity contribution in [3.63, 3.8) is 0 Å². The molecule has 6 nitrogen and oxygen atoms in total. The third-order valence-electron chi connectivity index (χ3n) is 2.49. The van der Waals surface area contributed by atoms with Crippen molar-refractivity contribution in [2.24, 2.45) is 16.8 Å². The van der Waals surface area contributed by atoms with Crippen molar-refractivity contribution in [1.82, 2.24) is 4.90 Å². The van der Waals surface area contributed by atoms with E-state index < -0.39 is 0 Å². The normalized spacial score (nSPS) is 11.9. The van der Waals surface area contributed by atoms with Gasteiger partial charge in [-0.2, -0.15) is 0 Å². The van der Waals surface area contributed by atoms with Gasteiger partial charge in [-0.15, -0.1) is 0 Å². The summed E-state index contributed by atoms with van der Waals surface area (Å²) in [6.45, 7) is 4.91. The number of carbonyl (C=O) groups excluding carboxylic acids is 1. The standard InChI is InChI=1S/C12H18ClN3O3/c1-8(2)7-16(5-3-10(14)15-18)12(17)9-4-6-19-11(9)13/h4,6,8,18H,3,5,7H2,1-2H3,(H2,14,15). The number of nitrogens with two attached hydrogens (primary N) is 1. The number of hydrogen-bond donors (Lipinski definition) is 2. The minimum absolute atomic E-state index is 0.0718. The Morgan fingerprint density at radius 2 is 2.32 bits per heavy atom. The molecule has 0 aliphatic heterocycles. The van der Waals surface area contributed by atoms with Crippen LogP contribution in [-0.2, 0) is 0 Å². The molecule has 0 fully saturated rings. The van der Waals surface area contributed by atoms with E-state index in [1.807, 2.05) is 13.8 Å². The molecule has 1 heterocycles. The van der Waals surface area contributed by atoms with Crippen molar-refractivity contribution in [3.05, 3.63) is 23.1 Å². The van der Waals surface area contributed by atoms with E-state index in [1.165, 1.54) is 12.3 Å². The Morgan fingerprint density at radius 1 is 1.63 bits per heavy atom. The topological polar surface area (TPSA) is 92.1 Å². The van der Waals surface area contributed by atoms with Gasteiger partial charge < -0.3 is 20.3 Å². The van der Waals surface area contributed by atoms with Crippen molar-refractivity contribution < 1.29 is 14.4 Å². The average molecular weight is 288 g/mol. The highest BCUT2D eigenvalue weighted by Gasteiger charge is 2.21. The van der Waals surface area contributed by atoms with E-state index in [0.29, 0.717) is 31.0 Å². The minimum atomic E-state index is -0.224. The number of carbonyl (C=O) groups is 1. The maximum atomic E-state index is 12.3. The van der Waals surface area contributed by atoms with Crippen LogP contribution in [0.1, 0.15) is 30.6 Å². The monoisotopic (exact) mass is 287 g/mol. The van der Waals surface area contributed by atoms with Gasteiger partial charge in [0, 0.05) is 19.5 Å². The Morgan fingerprint density at radius 3 is 2.79 bits per heavy atom. The number of amidine groups is 1. The Labute approximate surface area is 116 Å². The van der Waals surface area contributed by atoms with Crippen LogP contribution in [0.2, 0.25) is 5.22 Å². The van der Waals surface area contributed by atoms with Crippen LogP contribution in [0.15, 0.2) is 21.9 Å². The molecule has 19 heavy (non-hydrogen) atoms. The quantitative estimate of drug-likeness (QED) is 0.363. The van der Waals surface area contributed by atoms with Crippen molar-refractivity contribution in [2.75, 3.05) is 13.1 Å². The molecule has 0 radical (unpaired) electrons. The van der Waals surface area contributed by atoms with Gasteiger partial charge in [-0.25, -0.2) is 0 Å². The number of hydrogen-bond acceptors (Lipinski definition) is 4. The summed E-state index contributed by atoms with van der Waals surface area (Å²) in [6.07, 6.45) is 1.66. The van der Waals surface area contributed by atoms with Crippen LogP contribution in [-0.4, -0.2) is 34.9 Å². The molecule has 7 heteroatoms. The fourth-order valence-corrected chi connectivity index (χ4v) is 1.83. The zero-order valence-electron chi connectivity index (χ0n) is 11.0. The van der Waals surface area contributed by atoms with Gasteiger partial charge in [-0.05, 0) is 23.6 Å². The second kappa shape index (κ2) is 7.04. The first-order valence-corrected chi connectivity index (χ1v) is 6.32. The van der Waals surface area contributed by atoms with Gasteiger partial charge in [0.05, 0.1) is 11.8 Å². The molecular weight excluding hydrogens is 270 g/mol. The van der Waals surface area contributed by atoms with Gasteiger partial charge in [0.25, 0.3) is 5.91 Å². The fraction of sp³-hybridized carbons (Fsp3) is 0.500. The first-order valence-electron chi connectivity index (χ1n) is 5.94. The molecule has 1 aromatic heterocycles. The van der Waals surface area contributed by atoms with E-state index in [2.05, 4.69) is 5.16 Å². The highest BCUT2D eigenvalue weighted by Crippen LogP contribution is 2.19. The molecule has 0 bridgehead atoms. The molecule has 0 aliphatic carbocycles. The average Bonchev–Trinajstić information content (AvgIpc) is 2.78. The van der Waals surface area contributed by atoms with E-state index in [9.17, 15) is 4.79 Å². The lowest BCUT2D eigenvalue weighted by atomic mass is 10.1. The zero-order chi connectivity index (χ0) is 14.4. The number of rotatable bonds is 6. The van der Waals surface area contributed by atoms with Crippen molar-refractivity contribution in [3.8, 4) is 0 Å². The van der Waals surface area contributed by atoms with Crippen molar-refractivity contribution in [2.45, 2.75) is 20.3 Å². The van der Waals surface area contributed by atoms with Gasteiger partial charge >= 0.3 is 0 Å². The summed E-state index contributed by atoms with van der Waals surface area (Å²) in [5.74, 6) is 0.153. The number of nitrogens with zero attached hydrogens (tertiary/aromatic N) is 2. The molecule has 0 unspecified atom stereocenters. The Kier molecular flexibility index (Phi) is 5.69. The van der Waals surface area contributed by atoms with E-state index in [0.717, 1.165) is 0 Å². The summed E-state index contributed by atoms with van der Waals surface area (Å²) in [4.78, 5) is 13.9. The molecule has 3 N–H and O–H groups in total. The zero-order valence-corrected chi connectivity index (χ0v) is 11.7. The SMILES string of the molecule is CC(C)CN(CC/C(N)=N/O)C(=O)c1ccoc1Cl. The van der Waals surface area contributed by atoms with Crippen molar-refractivity contribution in [1.29, 1.82) is 0 Å². The predicted molar refractivity (Wildman–Crippen MR) is 72.5 cm³/mol. The first kappa shape index (κ1) is 15.4. The minimum Gasteiger partial charge on any atom is -0.452 e. The van der Waals surface area contributed by atoms with Crippen LogP contribution in [0, 0.1) is 5.92 Å². The fourth-order valence-electron chi connectivity index (χ4n) is 1.63. The molecule has 0 atom stereocenters. The van der Waals surface area contributed by atoms with Crippen LogP contribution >= 0.6 is 11.6 Å². The van der Waals surface area contributed by atoms with Gasteiger partial charge in [0.2, 0.25) is 5.22 Å². The number of oxime groups is 1. The smallest absolute Gasteiger partial charge is 0.258 e. The molecule has 1 aromatic rings. The maximum Gasteiger partial charge on any atom is 0.258 e. The number of halogens is 1. The van der Waals surface area contributed by atoms with Gasteiger partial charge in [-0.3, -0.25) is 4.79 Å². The van der Waals surface area contributed by atoms with E-state index in [4.69, 9.17) is 27.0 Å². The highest BCUT2D eigenvalue weighted by molar-refractivity contribution is 6.32. The number of furan rings is 1. The van der Waals surface area contributed by atoms with Crippen LogP contribution in [0.25, 0.3) is 0 Å². The van der Waals surface area contributed by atoms with Crippen LogP contribution < -0.4 is 5.73 Å². The summed E-state index contributed by atoms with van der Waals surface area (Å²) in [6, 6.07) is 1.53. The summed E-state index contributed by atoms with van der Waals surface area (Å²) in [7, 11) is 0. The molecular formula is C12H18ClN3O3. The molecule has 0 saturated heterocycles. The summed E-state index contributed by atoms with van der Waals surface area (Å²) in [5, 5.41) is 11.5. The summed E-state index contributed by atoms with van der Waals surface area (Å²) >= 11 is 5.80. The first-order chi connectivity index (χ1) is 8.95. The lowest BCUT2D eigenvalue weighted by Gasteiger charge is -2.24. The predicted octanol–water partition coefficient (Wildman–Crippen LogP) is 2.17. The molecule has 0 aromatic carbocycles. The van der Waals surface area contributed by atoms with Crippen LogP contribution in [0.5, 0.6) is 0 Å². The van der Waals surface area contributed by atoms with Gasteiger partial charge in [0.1, 0.15) is 5.84 Å². The molecule has 0 spiro atoms. The maximum absolute atomic E-state index is 12.3. The molecule has 106 valence electrons. The van der Waals surface area contributed by atoms with Gasteiger partial charge in [-0.1, -0.05) is 19.0 Å². The highest BCUT2D eigenvalue weighted by atomic mass is 35.5. The van der Waals surface area contributed by atoms with E-state index in [1.54, 1.807) is 4.90 Å². The third-order valence-corrected chi connectivity index (χ3v) is 2.78. The summed E-state index contributed by atoms with van der Waals surface area (Å²) in [5.41, 5.74) is 5.74. The second-order valence-electron chi connectivity index (χ2n) is 4.59. The molecule has 0 aliphatic rings. The van der Waals surface area contributed by atoms with E-state index in [-0.39, 0.29) is 17.0 Å². The second-order valence-corrected chi connectivity index (χ2v) is 4.94. The molecule has 1 rings (SSSR count). The van der Waals surface area contributed by atoms with Crippen molar-refractivity contribution >= 4 is 23.3 Å². The van der Waals surface area contributed by atoms with E-state index >= 15 is 0 Å². The lowest BCUT2D eigenvalue weighted by molar-refractivity contribution is 0.0740. The lowest BCUT2D eigenvalue weighted by Crippen LogP contribution is -2.36. The largest absolute Gasteiger partial charge is 0.452 e. The van der Waals surface area contributed by atoms with Crippen LogP contribution in [0.4, 0.5) is 0 Å². The molecule has 1 amide bonds. The Hall–Kier alpha value is -1.69. The van der Waals surface area contributed by atoms with Gasteiger partial charge in [0.15, 0.2) is 0 Å². The van der Waals surface area contributed by atoms with Crippen LogP contribution in [0.3, 0.4) is 0 Å². The number of amides is 1. The summed E-state index contributed by atoms with van der Waals surface area (Å²) < 4.78 is 4.92. The third kappa shape index (κ3) is 4.48.